The zero-order valence-electron chi connectivity index (χ0n) is 22.2. The van der Waals surface area contributed by atoms with Crippen molar-refractivity contribution in [2.24, 2.45) is 0 Å². The third-order valence-electron chi connectivity index (χ3n) is 6.31. The van der Waals surface area contributed by atoms with Crippen molar-refractivity contribution in [3.63, 3.8) is 0 Å². The number of rotatable bonds is 12. The molecule has 0 heterocycles. The molecule has 0 unspecified atom stereocenters. The predicted molar refractivity (Wildman–Crippen MR) is 157 cm³/mol. The highest BCUT2D eigenvalue weighted by molar-refractivity contribution is 7.92. The summed E-state index contributed by atoms with van der Waals surface area (Å²) >= 11 is 12.5. The van der Waals surface area contributed by atoms with Gasteiger partial charge in [-0.1, -0.05) is 84.7 Å². The van der Waals surface area contributed by atoms with Gasteiger partial charge in [-0.15, -0.1) is 0 Å². The van der Waals surface area contributed by atoms with Gasteiger partial charge in [0.2, 0.25) is 21.8 Å². The van der Waals surface area contributed by atoms with Crippen molar-refractivity contribution in [3.8, 4) is 0 Å². The molecule has 39 heavy (non-hydrogen) atoms. The number of para-hydroxylation sites is 1. The average Bonchev–Trinajstić information content (AvgIpc) is 2.89. The molecular weight excluding hydrogens is 557 g/mol. The number of amides is 2. The van der Waals surface area contributed by atoms with E-state index in [9.17, 15) is 18.0 Å². The molecule has 2 atom stereocenters. The summed E-state index contributed by atoms with van der Waals surface area (Å²) in [5, 5.41) is 3.67. The minimum atomic E-state index is -3.90. The Morgan fingerprint density at radius 3 is 2.18 bits per heavy atom. The first-order valence-corrected chi connectivity index (χ1v) is 15.2. The van der Waals surface area contributed by atoms with E-state index in [1.54, 1.807) is 42.5 Å². The van der Waals surface area contributed by atoms with Gasteiger partial charge in [0.05, 0.1) is 17.0 Å². The topological polar surface area (TPSA) is 86.8 Å². The third-order valence-corrected chi connectivity index (χ3v) is 8.00. The van der Waals surface area contributed by atoms with E-state index in [2.05, 4.69) is 5.32 Å². The highest BCUT2D eigenvalue weighted by Crippen LogP contribution is 2.28. The minimum Gasteiger partial charge on any atom is -0.352 e. The largest absolute Gasteiger partial charge is 0.352 e. The lowest BCUT2D eigenvalue weighted by atomic mass is 10.0. The van der Waals surface area contributed by atoms with Gasteiger partial charge in [-0.2, -0.15) is 0 Å². The van der Waals surface area contributed by atoms with Crippen molar-refractivity contribution < 1.29 is 18.0 Å². The maximum absolute atomic E-state index is 14.0. The van der Waals surface area contributed by atoms with Gasteiger partial charge < -0.3 is 10.2 Å². The number of hydrogen-bond donors (Lipinski definition) is 1. The Bertz CT molecular complexity index is 1390. The SMILES string of the molecule is CC[C@@H](C)NC(=O)[C@@H](Cc1ccccc1)N(Cc1cccc(Cl)c1)C(=O)CN(c1ccccc1Cl)S(C)(=O)=O. The summed E-state index contributed by atoms with van der Waals surface area (Å²) < 4.78 is 26.6. The fraction of sp³-hybridized carbons (Fsp3) is 0.310. The molecule has 10 heteroatoms. The molecule has 0 aliphatic heterocycles. The highest BCUT2D eigenvalue weighted by atomic mass is 35.5. The Morgan fingerprint density at radius 2 is 1.56 bits per heavy atom. The van der Waals surface area contributed by atoms with Crippen LogP contribution in [0.4, 0.5) is 5.69 Å². The number of sulfonamides is 1. The standard InChI is InChI=1S/C29H33Cl2N3O4S/c1-4-21(2)32-29(36)27(18-22-11-6-5-7-12-22)33(19-23-13-10-14-24(30)17-23)28(35)20-34(39(3,37)38)26-16-9-8-15-25(26)31/h5-17,21,27H,4,18-20H2,1-3H3,(H,32,36)/t21-,27-/m1/s1. The fourth-order valence-corrected chi connectivity index (χ4v) is 5.44. The summed E-state index contributed by atoms with van der Waals surface area (Å²) in [7, 11) is -3.90. The quantitative estimate of drug-likeness (QED) is 0.310. The van der Waals surface area contributed by atoms with Crippen LogP contribution in [0.2, 0.25) is 10.0 Å². The van der Waals surface area contributed by atoms with Crippen molar-refractivity contribution in [2.75, 3.05) is 17.1 Å². The van der Waals surface area contributed by atoms with E-state index in [1.165, 1.54) is 11.0 Å². The molecule has 0 bridgehead atoms. The molecule has 3 aromatic carbocycles. The molecule has 7 nitrogen and oxygen atoms in total. The first-order chi connectivity index (χ1) is 18.5. The van der Waals surface area contributed by atoms with Gasteiger partial charge in [-0.25, -0.2) is 8.42 Å². The second-order valence-corrected chi connectivity index (χ2v) is 12.1. The van der Waals surface area contributed by atoms with Crippen molar-refractivity contribution >= 4 is 50.7 Å². The monoisotopic (exact) mass is 589 g/mol. The first-order valence-electron chi connectivity index (χ1n) is 12.6. The Hall–Kier alpha value is -3.07. The molecule has 1 N–H and O–H groups in total. The maximum atomic E-state index is 14.0. The molecule has 208 valence electrons. The van der Waals surface area contributed by atoms with E-state index in [1.807, 2.05) is 44.2 Å². The summed E-state index contributed by atoms with van der Waals surface area (Å²) in [5.41, 5.74) is 1.74. The van der Waals surface area contributed by atoms with Crippen molar-refractivity contribution in [3.05, 3.63) is 100 Å². The summed E-state index contributed by atoms with van der Waals surface area (Å²) in [6, 6.07) is 21.8. The van der Waals surface area contributed by atoms with Gasteiger partial charge in [0.1, 0.15) is 12.6 Å². The molecule has 0 aliphatic carbocycles. The number of carbonyl (C=O) groups excluding carboxylic acids is 2. The van der Waals surface area contributed by atoms with Crippen LogP contribution in [0.5, 0.6) is 0 Å². The second kappa shape index (κ2) is 13.8. The molecule has 2 amide bonds. The lowest BCUT2D eigenvalue weighted by Crippen LogP contribution is -2.54. The van der Waals surface area contributed by atoms with Crippen molar-refractivity contribution in [1.82, 2.24) is 10.2 Å². The maximum Gasteiger partial charge on any atom is 0.244 e. The molecule has 0 saturated carbocycles. The normalized spacial score (nSPS) is 12.8. The van der Waals surface area contributed by atoms with Crippen LogP contribution in [0.1, 0.15) is 31.4 Å². The van der Waals surface area contributed by atoms with Crippen LogP contribution in [-0.4, -0.2) is 50.0 Å². The molecule has 0 spiro atoms. The lowest BCUT2D eigenvalue weighted by molar-refractivity contribution is -0.140. The molecule has 0 fully saturated rings. The smallest absolute Gasteiger partial charge is 0.244 e. The number of nitrogens with one attached hydrogen (secondary N) is 1. The van der Waals surface area contributed by atoms with Crippen LogP contribution in [0, 0.1) is 0 Å². The number of halogens is 2. The minimum absolute atomic E-state index is 0.0466. The predicted octanol–water partition coefficient (Wildman–Crippen LogP) is 5.31. The number of carbonyl (C=O) groups is 2. The number of anilines is 1. The van der Waals surface area contributed by atoms with E-state index in [0.717, 1.165) is 16.1 Å². The first kappa shape index (κ1) is 30.5. The van der Waals surface area contributed by atoms with Crippen LogP contribution >= 0.6 is 23.2 Å². The number of benzene rings is 3. The van der Waals surface area contributed by atoms with Gasteiger partial charge >= 0.3 is 0 Å². The van der Waals surface area contributed by atoms with Gasteiger partial charge in [-0.05, 0) is 48.7 Å². The van der Waals surface area contributed by atoms with E-state index < -0.39 is 28.5 Å². The Morgan fingerprint density at radius 1 is 0.923 bits per heavy atom. The van der Waals surface area contributed by atoms with Gasteiger partial charge in [0, 0.05) is 24.0 Å². The lowest BCUT2D eigenvalue weighted by Gasteiger charge is -2.34. The Kier molecular flexibility index (Phi) is 10.8. The molecule has 0 radical (unpaired) electrons. The summed E-state index contributed by atoms with van der Waals surface area (Å²) in [4.78, 5) is 29.1. The van der Waals surface area contributed by atoms with E-state index >= 15 is 0 Å². The average molecular weight is 591 g/mol. The zero-order valence-corrected chi connectivity index (χ0v) is 24.5. The number of nitrogens with zero attached hydrogens (tertiary/aromatic N) is 2. The summed E-state index contributed by atoms with van der Waals surface area (Å²) in [6.07, 6.45) is 1.96. The Labute approximate surface area is 240 Å². The van der Waals surface area contributed by atoms with Crippen LogP contribution in [0.25, 0.3) is 0 Å². The molecule has 3 aromatic rings. The van der Waals surface area contributed by atoms with Crippen LogP contribution in [-0.2, 0) is 32.6 Å². The van der Waals surface area contributed by atoms with Gasteiger partial charge in [0.25, 0.3) is 0 Å². The van der Waals surface area contributed by atoms with Gasteiger partial charge in [0.15, 0.2) is 0 Å². The third kappa shape index (κ3) is 8.71. The molecule has 0 aliphatic rings. The fourth-order valence-electron chi connectivity index (χ4n) is 4.08. The molecule has 0 saturated heterocycles. The van der Waals surface area contributed by atoms with Gasteiger partial charge in [-0.3, -0.25) is 13.9 Å². The zero-order chi connectivity index (χ0) is 28.6. The molecule has 0 aromatic heterocycles. The number of hydrogen-bond acceptors (Lipinski definition) is 4. The molecule has 3 rings (SSSR count). The highest BCUT2D eigenvalue weighted by Gasteiger charge is 2.33. The van der Waals surface area contributed by atoms with Crippen LogP contribution in [0.15, 0.2) is 78.9 Å². The van der Waals surface area contributed by atoms with E-state index in [0.29, 0.717) is 17.0 Å². The Balaban J connectivity index is 2.07. The van der Waals surface area contributed by atoms with Crippen molar-refractivity contribution in [2.45, 2.75) is 45.3 Å². The van der Waals surface area contributed by atoms with E-state index in [-0.39, 0.29) is 35.6 Å². The van der Waals surface area contributed by atoms with Crippen LogP contribution < -0.4 is 9.62 Å². The van der Waals surface area contributed by atoms with Crippen LogP contribution in [0.3, 0.4) is 0 Å². The second-order valence-electron chi connectivity index (χ2n) is 9.40. The summed E-state index contributed by atoms with van der Waals surface area (Å²) in [5.74, 6) is -0.882. The van der Waals surface area contributed by atoms with Crippen molar-refractivity contribution in [1.29, 1.82) is 0 Å². The summed E-state index contributed by atoms with van der Waals surface area (Å²) in [6.45, 7) is 3.36. The van der Waals surface area contributed by atoms with E-state index in [4.69, 9.17) is 23.2 Å². The molecular formula is C29H33Cl2N3O4S.